The number of para-hydroxylation sites is 1. The molecule has 1 aliphatic rings. The Hall–Kier alpha value is -3.31. The predicted molar refractivity (Wildman–Crippen MR) is 136 cm³/mol. The molecule has 5 heteroatoms. The van der Waals surface area contributed by atoms with Crippen molar-refractivity contribution in [3.05, 3.63) is 95.1 Å². The normalized spacial score (nSPS) is 14.5. The molecule has 1 saturated heterocycles. The molecule has 3 aromatic carbocycles. The second-order valence-corrected chi connectivity index (χ2v) is 8.73. The minimum atomic E-state index is -0.241. The lowest BCUT2D eigenvalue weighted by Crippen LogP contribution is -2.34. The molecule has 0 spiro atoms. The zero-order chi connectivity index (χ0) is 23.8. The molecule has 5 nitrogen and oxygen atoms in total. The van der Waals surface area contributed by atoms with Gasteiger partial charge in [-0.25, -0.2) is 0 Å². The van der Waals surface area contributed by atoms with Gasteiger partial charge in [-0.05, 0) is 49.4 Å². The van der Waals surface area contributed by atoms with Gasteiger partial charge in [0.25, 0.3) is 0 Å². The summed E-state index contributed by atoms with van der Waals surface area (Å²) in [6, 6.07) is 23.9. The quantitative estimate of drug-likeness (QED) is 0.473. The second kappa shape index (κ2) is 11.7. The summed E-state index contributed by atoms with van der Waals surface area (Å²) < 4.78 is 5.66. The van der Waals surface area contributed by atoms with E-state index in [0.717, 1.165) is 35.3 Å². The molecule has 1 aliphatic heterocycles. The number of carbonyl (C=O) groups excluding carboxylic acids is 1. The number of nitrogens with one attached hydrogen (secondary N) is 1. The van der Waals surface area contributed by atoms with Gasteiger partial charge in [0.1, 0.15) is 5.75 Å². The van der Waals surface area contributed by atoms with Gasteiger partial charge in [0.15, 0.2) is 0 Å². The first-order valence-corrected chi connectivity index (χ1v) is 12.2. The SMILES string of the molecule is CCOc1cc(CC(=O)NC(c2ccccc2)c2ccccc2N2CCCCC2)ccc1CO. The molecule has 0 aromatic heterocycles. The highest BCUT2D eigenvalue weighted by Gasteiger charge is 2.23. The van der Waals surface area contributed by atoms with Crippen molar-refractivity contribution in [3.8, 4) is 5.75 Å². The summed E-state index contributed by atoms with van der Waals surface area (Å²) in [6.07, 6.45) is 3.91. The van der Waals surface area contributed by atoms with Crippen LogP contribution in [0.2, 0.25) is 0 Å². The molecule has 1 fully saturated rings. The fourth-order valence-electron chi connectivity index (χ4n) is 4.67. The van der Waals surface area contributed by atoms with Crippen LogP contribution in [0, 0.1) is 0 Å². The summed E-state index contributed by atoms with van der Waals surface area (Å²) in [4.78, 5) is 15.7. The van der Waals surface area contributed by atoms with Crippen LogP contribution in [0.25, 0.3) is 0 Å². The number of rotatable bonds is 9. The number of benzene rings is 3. The van der Waals surface area contributed by atoms with E-state index in [0.29, 0.717) is 12.4 Å². The summed E-state index contributed by atoms with van der Waals surface area (Å²) in [7, 11) is 0. The van der Waals surface area contributed by atoms with Crippen LogP contribution in [-0.2, 0) is 17.8 Å². The predicted octanol–water partition coefficient (Wildman–Crippen LogP) is 5.02. The molecule has 0 radical (unpaired) electrons. The van der Waals surface area contributed by atoms with Gasteiger partial charge in [-0.2, -0.15) is 0 Å². The van der Waals surface area contributed by atoms with Crippen LogP contribution < -0.4 is 15.0 Å². The maximum atomic E-state index is 13.3. The highest BCUT2D eigenvalue weighted by Crippen LogP contribution is 2.32. The first kappa shape index (κ1) is 23.8. The number of carbonyl (C=O) groups is 1. The fraction of sp³-hybridized carbons (Fsp3) is 0.345. The number of aliphatic hydroxyl groups is 1. The van der Waals surface area contributed by atoms with Crippen molar-refractivity contribution in [2.45, 2.75) is 45.3 Å². The van der Waals surface area contributed by atoms with Gasteiger partial charge in [-0.1, -0.05) is 60.7 Å². The van der Waals surface area contributed by atoms with E-state index >= 15 is 0 Å². The largest absolute Gasteiger partial charge is 0.493 e. The van der Waals surface area contributed by atoms with Crippen LogP contribution in [0.5, 0.6) is 5.75 Å². The number of ether oxygens (including phenoxy) is 1. The summed E-state index contributed by atoms with van der Waals surface area (Å²) in [5, 5.41) is 12.9. The third-order valence-corrected chi connectivity index (χ3v) is 6.35. The lowest BCUT2D eigenvalue weighted by atomic mass is 9.95. The Morgan fingerprint density at radius 2 is 1.74 bits per heavy atom. The van der Waals surface area contributed by atoms with Gasteiger partial charge in [0.2, 0.25) is 5.91 Å². The van der Waals surface area contributed by atoms with Gasteiger partial charge in [0, 0.05) is 29.9 Å². The molecule has 1 heterocycles. The Labute approximate surface area is 202 Å². The van der Waals surface area contributed by atoms with E-state index in [1.807, 2.05) is 49.4 Å². The minimum absolute atomic E-state index is 0.0542. The Morgan fingerprint density at radius 3 is 2.47 bits per heavy atom. The van der Waals surface area contributed by atoms with E-state index in [2.05, 4.69) is 40.5 Å². The van der Waals surface area contributed by atoms with Gasteiger partial charge in [0.05, 0.1) is 25.7 Å². The Kier molecular flexibility index (Phi) is 8.21. The first-order chi connectivity index (χ1) is 16.7. The Balaban J connectivity index is 1.60. The Morgan fingerprint density at radius 1 is 1.00 bits per heavy atom. The third-order valence-electron chi connectivity index (χ3n) is 6.35. The molecular formula is C29H34N2O3. The average Bonchev–Trinajstić information content (AvgIpc) is 2.89. The van der Waals surface area contributed by atoms with Crippen molar-refractivity contribution in [2.75, 3.05) is 24.6 Å². The summed E-state index contributed by atoms with van der Waals surface area (Å²) in [5.41, 5.74) is 4.96. The summed E-state index contributed by atoms with van der Waals surface area (Å²) >= 11 is 0. The smallest absolute Gasteiger partial charge is 0.225 e. The molecule has 0 aliphatic carbocycles. The fourth-order valence-corrected chi connectivity index (χ4v) is 4.67. The number of hydrogen-bond acceptors (Lipinski definition) is 4. The molecule has 178 valence electrons. The third kappa shape index (κ3) is 5.78. The molecule has 3 aromatic rings. The van der Waals surface area contributed by atoms with Crippen molar-refractivity contribution in [1.82, 2.24) is 5.32 Å². The summed E-state index contributed by atoms with van der Waals surface area (Å²) in [6.45, 7) is 4.41. The van der Waals surface area contributed by atoms with Gasteiger partial charge >= 0.3 is 0 Å². The minimum Gasteiger partial charge on any atom is -0.493 e. The summed E-state index contributed by atoms with van der Waals surface area (Å²) in [5.74, 6) is 0.576. The lowest BCUT2D eigenvalue weighted by Gasteiger charge is -2.33. The lowest BCUT2D eigenvalue weighted by molar-refractivity contribution is -0.120. The molecular weight excluding hydrogens is 424 g/mol. The van der Waals surface area contributed by atoms with Crippen LogP contribution >= 0.6 is 0 Å². The van der Waals surface area contributed by atoms with Crippen molar-refractivity contribution in [1.29, 1.82) is 0 Å². The van der Waals surface area contributed by atoms with E-state index in [9.17, 15) is 9.90 Å². The maximum absolute atomic E-state index is 13.3. The zero-order valence-corrected chi connectivity index (χ0v) is 19.9. The number of aliphatic hydroxyl groups excluding tert-OH is 1. The number of piperidine rings is 1. The van der Waals surface area contributed by atoms with Crippen molar-refractivity contribution in [2.24, 2.45) is 0 Å². The van der Waals surface area contributed by atoms with Crippen LogP contribution in [0.4, 0.5) is 5.69 Å². The highest BCUT2D eigenvalue weighted by molar-refractivity contribution is 5.80. The number of anilines is 1. The van der Waals surface area contributed by atoms with E-state index in [1.165, 1.54) is 24.9 Å². The van der Waals surface area contributed by atoms with E-state index < -0.39 is 0 Å². The van der Waals surface area contributed by atoms with E-state index in [4.69, 9.17) is 4.74 Å². The average molecular weight is 459 g/mol. The molecule has 0 bridgehead atoms. The van der Waals surface area contributed by atoms with Gasteiger partial charge in [-0.3, -0.25) is 4.79 Å². The second-order valence-electron chi connectivity index (χ2n) is 8.73. The van der Waals surface area contributed by atoms with Gasteiger partial charge < -0.3 is 20.1 Å². The van der Waals surface area contributed by atoms with Crippen LogP contribution in [0.1, 0.15) is 54.5 Å². The Bertz CT molecular complexity index is 1080. The molecule has 1 atom stereocenters. The van der Waals surface area contributed by atoms with Gasteiger partial charge in [-0.15, -0.1) is 0 Å². The molecule has 2 N–H and O–H groups in total. The molecule has 1 amide bonds. The standard InChI is InChI=1S/C29H34N2O3/c1-2-34-27-19-22(15-16-24(27)21-32)20-28(33)30-29(23-11-5-3-6-12-23)25-13-7-8-14-26(25)31-17-9-4-10-18-31/h3,5-8,11-16,19,29,32H,2,4,9-10,17-18,20-21H2,1H3,(H,30,33). The van der Waals surface area contributed by atoms with Crippen LogP contribution in [-0.4, -0.2) is 30.7 Å². The van der Waals surface area contributed by atoms with Crippen LogP contribution in [0.15, 0.2) is 72.8 Å². The molecule has 4 rings (SSSR count). The highest BCUT2D eigenvalue weighted by atomic mass is 16.5. The number of hydrogen-bond donors (Lipinski definition) is 2. The number of amides is 1. The zero-order valence-electron chi connectivity index (χ0n) is 19.9. The van der Waals surface area contributed by atoms with Crippen molar-refractivity contribution in [3.63, 3.8) is 0 Å². The maximum Gasteiger partial charge on any atom is 0.225 e. The monoisotopic (exact) mass is 458 g/mol. The van der Waals surface area contributed by atoms with Crippen LogP contribution in [0.3, 0.4) is 0 Å². The topological polar surface area (TPSA) is 61.8 Å². The molecule has 1 unspecified atom stereocenters. The first-order valence-electron chi connectivity index (χ1n) is 12.2. The van der Waals surface area contributed by atoms with Crippen molar-refractivity contribution >= 4 is 11.6 Å². The van der Waals surface area contributed by atoms with Crippen molar-refractivity contribution < 1.29 is 14.6 Å². The number of nitrogens with zero attached hydrogens (tertiary/aromatic N) is 1. The van der Waals surface area contributed by atoms with E-state index in [1.54, 1.807) is 0 Å². The molecule has 34 heavy (non-hydrogen) atoms. The van der Waals surface area contributed by atoms with E-state index in [-0.39, 0.29) is 25.0 Å². The molecule has 0 saturated carbocycles.